The monoisotopic (exact) mass is 296 g/mol. The van der Waals surface area contributed by atoms with Crippen LogP contribution in [-0.2, 0) is 16.1 Å². The molecule has 0 saturated carbocycles. The fraction of sp³-hybridized carbons (Fsp3) is 0.571. The maximum atomic E-state index is 11.6. The predicted molar refractivity (Wildman–Crippen MR) is 81.0 cm³/mol. The minimum absolute atomic E-state index is 0.0487. The van der Waals surface area contributed by atoms with Crippen molar-refractivity contribution in [3.05, 3.63) is 24.2 Å². The Labute approximate surface area is 125 Å². The Morgan fingerprint density at radius 3 is 2.76 bits per heavy atom. The molecule has 0 saturated heterocycles. The number of carbonyl (C=O) groups is 1. The van der Waals surface area contributed by atoms with Crippen LogP contribution in [0.25, 0.3) is 0 Å². The lowest BCUT2D eigenvalue weighted by molar-refractivity contribution is -0.127. The van der Waals surface area contributed by atoms with Crippen molar-refractivity contribution in [2.24, 2.45) is 4.99 Å². The number of aliphatic imine (C=N–C) groups is 1. The maximum Gasteiger partial charge on any atom is 0.243 e. The molecule has 0 radical (unpaired) electrons. The molecule has 1 rings (SSSR count). The zero-order chi connectivity index (χ0) is 15.7. The van der Waals surface area contributed by atoms with Gasteiger partial charge in [-0.15, -0.1) is 0 Å². The van der Waals surface area contributed by atoms with Gasteiger partial charge in [-0.05, 0) is 12.1 Å². The van der Waals surface area contributed by atoms with Crippen molar-refractivity contribution >= 4 is 11.9 Å². The van der Waals surface area contributed by atoms with Gasteiger partial charge in [0.2, 0.25) is 5.91 Å². The summed E-state index contributed by atoms with van der Waals surface area (Å²) in [6.07, 6.45) is 1.63. The zero-order valence-electron chi connectivity index (χ0n) is 13.1. The molecule has 1 amide bonds. The van der Waals surface area contributed by atoms with Gasteiger partial charge in [0.15, 0.2) is 5.96 Å². The second kappa shape index (κ2) is 9.02. The van der Waals surface area contributed by atoms with Crippen LogP contribution in [-0.4, -0.2) is 69.6 Å². The molecule has 0 bridgehead atoms. The van der Waals surface area contributed by atoms with E-state index in [0.29, 0.717) is 25.7 Å². The van der Waals surface area contributed by atoms with E-state index in [9.17, 15) is 4.79 Å². The number of guanidine groups is 1. The van der Waals surface area contributed by atoms with Crippen LogP contribution < -0.4 is 5.32 Å². The van der Waals surface area contributed by atoms with E-state index in [-0.39, 0.29) is 12.5 Å². The molecule has 0 aliphatic carbocycles. The number of carbonyl (C=O) groups excluding carboxylic acids is 1. The molecule has 1 heterocycles. The molecule has 1 N–H and O–H groups in total. The third kappa shape index (κ3) is 6.31. The molecule has 0 unspecified atom stereocenters. The first-order chi connectivity index (χ1) is 10.0. The second-order valence-corrected chi connectivity index (χ2v) is 4.78. The summed E-state index contributed by atoms with van der Waals surface area (Å²) in [6, 6.07) is 3.74. The number of likely N-dealkylation sites (N-methyl/N-ethyl adjacent to an activating group) is 1. The van der Waals surface area contributed by atoms with E-state index >= 15 is 0 Å². The van der Waals surface area contributed by atoms with Crippen molar-refractivity contribution < 1.29 is 13.9 Å². The van der Waals surface area contributed by atoms with Crippen molar-refractivity contribution in [3.8, 4) is 0 Å². The van der Waals surface area contributed by atoms with Crippen LogP contribution in [0.5, 0.6) is 0 Å². The lowest BCUT2D eigenvalue weighted by atomic mass is 10.4. The highest BCUT2D eigenvalue weighted by molar-refractivity contribution is 5.84. The van der Waals surface area contributed by atoms with Crippen molar-refractivity contribution in [2.75, 3.05) is 47.9 Å². The Morgan fingerprint density at radius 2 is 2.19 bits per heavy atom. The van der Waals surface area contributed by atoms with Crippen LogP contribution in [0.4, 0.5) is 0 Å². The normalized spacial score (nSPS) is 11.3. The molecule has 0 fully saturated rings. The van der Waals surface area contributed by atoms with Gasteiger partial charge < -0.3 is 24.3 Å². The minimum Gasteiger partial charge on any atom is -0.467 e. The largest absolute Gasteiger partial charge is 0.467 e. The lowest BCUT2D eigenvalue weighted by Crippen LogP contribution is -2.40. The quantitative estimate of drug-likeness (QED) is 0.448. The van der Waals surface area contributed by atoms with E-state index in [0.717, 1.165) is 5.76 Å². The van der Waals surface area contributed by atoms with Gasteiger partial charge in [-0.3, -0.25) is 4.79 Å². The van der Waals surface area contributed by atoms with E-state index in [4.69, 9.17) is 9.15 Å². The minimum atomic E-state index is -0.0487. The molecule has 21 heavy (non-hydrogen) atoms. The van der Waals surface area contributed by atoms with Crippen molar-refractivity contribution in [1.82, 2.24) is 15.1 Å². The first-order valence-corrected chi connectivity index (χ1v) is 6.75. The summed E-state index contributed by atoms with van der Waals surface area (Å²) in [6.45, 7) is 1.86. The molecule has 0 atom stereocenters. The molecule has 0 aliphatic rings. The van der Waals surface area contributed by atoms with Crippen LogP contribution in [0.3, 0.4) is 0 Å². The molecular weight excluding hydrogens is 272 g/mol. The SMILES string of the molecule is COCCNC(=NCC(=O)N(C)C)N(C)Cc1ccco1. The van der Waals surface area contributed by atoms with Crippen molar-refractivity contribution in [2.45, 2.75) is 6.54 Å². The summed E-state index contributed by atoms with van der Waals surface area (Å²) in [4.78, 5) is 19.4. The molecular formula is C14H24N4O3. The number of ether oxygens (including phenoxy) is 1. The summed E-state index contributed by atoms with van der Waals surface area (Å²) in [5, 5.41) is 3.17. The Hall–Kier alpha value is -2.02. The number of rotatable bonds is 7. The number of amides is 1. The average Bonchev–Trinajstić information content (AvgIpc) is 2.94. The number of nitrogens with one attached hydrogen (secondary N) is 1. The summed E-state index contributed by atoms with van der Waals surface area (Å²) >= 11 is 0. The van der Waals surface area contributed by atoms with Gasteiger partial charge in [-0.25, -0.2) is 4.99 Å². The second-order valence-electron chi connectivity index (χ2n) is 4.78. The van der Waals surface area contributed by atoms with E-state index in [2.05, 4.69) is 10.3 Å². The molecule has 1 aromatic rings. The van der Waals surface area contributed by atoms with E-state index in [1.807, 2.05) is 24.1 Å². The van der Waals surface area contributed by atoms with Crippen LogP contribution in [0.1, 0.15) is 5.76 Å². The van der Waals surface area contributed by atoms with Crippen molar-refractivity contribution in [3.63, 3.8) is 0 Å². The van der Waals surface area contributed by atoms with Crippen LogP contribution in [0, 0.1) is 0 Å². The summed E-state index contributed by atoms with van der Waals surface area (Å²) in [5.74, 6) is 1.42. The third-order valence-electron chi connectivity index (χ3n) is 2.79. The Bertz CT molecular complexity index is 443. The molecule has 0 aromatic carbocycles. The molecule has 118 valence electrons. The van der Waals surface area contributed by atoms with Gasteiger partial charge in [-0.2, -0.15) is 0 Å². The number of hydrogen-bond donors (Lipinski definition) is 1. The van der Waals surface area contributed by atoms with Crippen LogP contribution in [0.2, 0.25) is 0 Å². The van der Waals surface area contributed by atoms with E-state index in [1.54, 1.807) is 27.5 Å². The van der Waals surface area contributed by atoms with E-state index < -0.39 is 0 Å². The fourth-order valence-electron chi connectivity index (χ4n) is 1.57. The smallest absolute Gasteiger partial charge is 0.243 e. The van der Waals surface area contributed by atoms with Gasteiger partial charge in [0.05, 0.1) is 19.4 Å². The molecule has 7 heteroatoms. The van der Waals surface area contributed by atoms with E-state index in [1.165, 1.54) is 4.90 Å². The summed E-state index contributed by atoms with van der Waals surface area (Å²) < 4.78 is 10.3. The predicted octanol–water partition coefficient (Wildman–Crippen LogP) is 0.392. The third-order valence-corrected chi connectivity index (χ3v) is 2.79. The topological polar surface area (TPSA) is 70.3 Å². The van der Waals surface area contributed by atoms with Gasteiger partial charge in [-0.1, -0.05) is 0 Å². The standard InChI is InChI=1S/C14H24N4O3/c1-17(2)13(19)10-16-14(15-7-9-20-4)18(3)11-12-6-5-8-21-12/h5-6,8H,7,9-11H2,1-4H3,(H,15,16). The average molecular weight is 296 g/mol. The van der Waals surface area contributed by atoms with Gasteiger partial charge in [0.25, 0.3) is 0 Å². The Balaban J connectivity index is 2.65. The zero-order valence-corrected chi connectivity index (χ0v) is 13.1. The first kappa shape index (κ1) is 17.0. The number of nitrogens with zero attached hydrogens (tertiary/aromatic N) is 3. The van der Waals surface area contributed by atoms with Crippen LogP contribution in [0.15, 0.2) is 27.8 Å². The van der Waals surface area contributed by atoms with Crippen LogP contribution >= 0.6 is 0 Å². The van der Waals surface area contributed by atoms with Crippen molar-refractivity contribution in [1.29, 1.82) is 0 Å². The molecule has 7 nitrogen and oxygen atoms in total. The van der Waals surface area contributed by atoms with Gasteiger partial charge in [0.1, 0.15) is 12.3 Å². The highest BCUT2D eigenvalue weighted by atomic mass is 16.5. The first-order valence-electron chi connectivity index (χ1n) is 6.75. The fourth-order valence-corrected chi connectivity index (χ4v) is 1.57. The van der Waals surface area contributed by atoms with Gasteiger partial charge >= 0.3 is 0 Å². The molecule has 1 aromatic heterocycles. The molecule has 0 aliphatic heterocycles. The summed E-state index contributed by atoms with van der Waals surface area (Å²) in [7, 11) is 6.95. The number of hydrogen-bond acceptors (Lipinski definition) is 4. The maximum absolute atomic E-state index is 11.6. The Morgan fingerprint density at radius 1 is 1.43 bits per heavy atom. The highest BCUT2D eigenvalue weighted by Crippen LogP contribution is 2.04. The highest BCUT2D eigenvalue weighted by Gasteiger charge is 2.10. The lowest BCUT2D eigenvalue weighted by Gasteiger charge is -2.21. The van der Waals surface area contributed by atoms with Gasteiger partial charge in [0, 0.05) is 34.8 Å². The number of methoxy groups -OCH3 is 1. The Kier molecular flexibility index (Phi) is 7.31. The molecule has 0 spiro atoms. The number of furan rings is 1. The summed E-state index contributed by atoms with van der Waals surface area (Å²) in [5.41, 5.74) is 0.